The van der Waals surface area contributed by atoms with Gasteiger partial charge in [0.1, 0.15) is 5.60 Å². The van der Waals surface area contributed by atoms with E-state index < -0.39 is 7.92 Å². The summed E-state index contributed by atoms with van der Waals surface area (Å²) in [5, 5.41) is 2.59. The van der Waals surface area contributed by atoms with Gasteiger partial charge in [-0.15, -0.1) is 0 Å². The van der Waals surface area contributed by atoms with Crippen molar-refractivity contribution in [3.05, 3.63) is 78.9 Å². The van der Waals surface area contributed by atoms with Crippen LogP contribution in [-0.4, -0.2) is 10.6 Å². The third-order valence-corrected chi connectivity index (χ3v) is 6.54. The van der Waals surface area contributed by atoms with Crippen LogP contribution in [0.4, 0.5) is 0 Å². The van der Waals surface area contributed by atoms with Crippen LogP contribution in [0.3, 0.4) is 0 Å². The van der Waals surface area contributed by atoms with Crippen LogP contribution < -0.4 is 20.8 Å². The van der Waals surface area contributed by atoms with Gasteiger partial charge >= 0.3 is 0 Å². The van der Waals surface area contributed by atoms with Gasteiger partial charge in [0, 0.05) is 14.0 Å². The van der Waals surface area contributed by atoms with Gasteiger partial charge < -0.3 is 4.74 Å². The van der Waals surface area contributed by atoms with Gasteiger partial charge in [-0.3, -0.25) is 0 Å². The molecule has 0 N–H and O–H groups in total. The lowest BCUT2D eigenvalue weighted by Crippen LogP contribution is -2.29. The van der Waals surface area contributed by atoms with Crippen LogP contribution in [0.25, 0.3) is 0 Å². The summed E-state index contributed by atoms with van der Waals surface area (Å²) in [5.41, 5.74) is 0.852. The topological polar surface area (TPSA) is 22.1 Å². The molecule has 128 valence electrons. The zero-order valence-electron chi connectivity index (χ0n) is 15.0. The van der Waals surface area contributed by atoms with Crippen LogP contribution in [0.2, 0.25) is 0 Å². The first-order valence-electron chi connectivity index (χ1n) is 8.65. The minimum Gasteiger partial charge on any atom is -0.472 e. The Morgan fingerprint density at radius 3 is 1.88 bits per heavy atom. The molecular weight excluding hydrogens is 325 g/mol. The molecule has 0 aliphatic rings. The molecule has 0 bridgehead atoms. The number of aromatic nitrogens is 1. The Bertz CT molecular complexity index is 763. The molecule has 0 saturated carbocycles. The highest BCUT2D eigenvalue weighted by molar-refractivity contribution is 7.79. The van der Waals surface area contributed by atoms with Crippen LogP contribution >= 0.6 is 7.92 Å². The molecule has 0 unspecified atom stereocenters. The molecule has 0 fully saturated rings. The Morgan fingerprint density at radius 2 is 1.36 bits per heavy atom. The molecular formula is C22H24NOP. The van der Waals surface area contributed by atoms with E-state index in [0.717, 1.165) is 11.9 Å². The van der Waals surface area contributed by atoms with Gasteiger partial charge in [-0.2, -0.15) is 0 Å². The van der Waals surface area contributed by atoms with E-state index in [2.05, 4.69) is 87.5 Å². The van der Waals surface area contributed by atoms with Crippen molar-refractivity contribution in [2.24, 2.45) is 0 Å². The zero-order chi connectivity index (χ0) is 17.7. The third kappa shape index (κ3) is 4.46. The fraction of sp³-hybridized carbons (Fsp3) is 0.227. The number of benzene rings is 2. The predicted molar refractivity (Wildman–Crippen MR) is 108 cm³/mol. The second-order valence-electron chi connectivity index (χ2n) is 6.56. The molecule has 0 aliphatic carbocycles. The largest absolute Gasteiger partial charge is 0.472 e. The van der Waals surface area contributed by atoms with Gasteiger partial charge in [0.2, 0.25) is 5.88 Å². The number of hydrogen-bond donors (Lipinski definition) is 0. The monoisotopic (exact) mass is 349 g/mol. The lowest BCUT2D eigenvalue weighted by atomic mass is 10.1. The molecule has 3 heteroatoms. The van der Waals surface area contributed by atoms with Crippen molar-refractivity contribution in [2.75, 3.05) is 0 Å². The van der Waals surface area contributed by atoms with E-state index in [4.69, 9.17) is 9.72 Å². The fourth-order valence-electron chi connectivity index (χ4n) is 2.51. The molecule has 0 aliphatic heterocycles. The average molecular weight is 349 g/mol. The minimum atomic E-state index is -0.699. The minimum absolute atomic E-state index is 0.214. The number of rotatable bonds is 6. The van der Waals surface area contributed by atoms with E-state index in [1.54, 1.807) is 0 Å². The first-order chi connectivity index (χ1) is 12.1. The quantitative estimate of drug-likeness (QED) is 0.615. The van der Waals surface area contributed by atoms with Crippen molar-refractivity contribution < 1.29 is 4.74 Å². The summed E-state index contributed by atoms with van der Waals surface area (Å²) in [6.45, 7) is 6.32. The Balaban J connectivity index is 2.03. The molecule has 0 amide bonds. The summed E-state index contributed by atoms with van der Waals surface area (Å²) in [6.07, 6.45) is 0.936. The Labute approximate surface area is 151 Å². The van der Waals surface area contributed by atoms with E-state index in [9.17, 15) is 0 Å². The molecule has 1 aromatic heterocycles. The molecule has 25 heavy (non-hydrogen) atoms. The van der Waals surface area contributed by atoms with Gasteiger partial charge in [-0.05, 0) is 36.9 Å². The molecule has 2 nitrogen and oxygen atoms in total. The summed E-state index contributed by atoms with van der Waals surface area (Å²) in [4.78, 5) is 4.87. The molecule has 0 atom stereocenters. The molecule has 0 radical (unpaired) electrons. The van der Waals surface area contributed by atoms with Gasteiger partial charge in [-0.25, -0.2) is 4.98 Å². The van der Waals surface area contributed by atoms with Crippen LogP contribution in [0.1, 0.15) is 27.2 Å². The number of nitrogens with zero attached hydrogens (tertiary/aromatic N) is 1. The Morgan fingerprint density at radius 1 is 0.800 bits per heavy atom. The van der Waals surface area contributed by atoms with Crippen LogP contribution in [0.15, 0.2) is 78.9 Å². The molecule has 0 spiro atoms. The number of hydrogen-bond acceptors (Lipinski definition) is 2. The lowest BCUT2D eigenvalue weighted by molar-refractivity contribution is 0.0993. The summed E-state index contributed by atoms with van der Waals surface area (Å²) in [6, 6.07) is 27.3. The molecule has 2 aromatic carbocycles. The summed E-state index contributed by atoms with van der Waals surface area (Å²) in [7, 11) is -0.699. The van der Waals surface area contributed by atoms with E-state index >= 15 is 0 Å². The van der Waals surface area contributed by atoms with Crippen LogP contribution in [-0.2, 0) is 0 Å². The van der Waals surface area contributed by atoms with E-state index in [1.807, 2.05) is 12.1 Å². The first-order valence-corrected chi connectivity index (χ1v) is 9.99. The van der Waals surface area contributed by atoms with Crippen molar-refractivity contribution in [3.63, 3.8) is 0 Å². The summed E-state index contributed by atoms with van der Waals surface area (Å²) < 4.78 is 6.11. The van der Waals surface area contributed by atoms with E-state index in [-0.39, 0.29) is 5.60 Å². The van der Waals surface area contributed by atoms with Crippen molar-refractivity contribution in [2.45, 2.75) is 32.8 Å². The second kappa shape index (κ2) is 7.80. The summed E-state index contributed by atoms with van der Waals surface area (Å²) in [5.74, 6) is 0.698. The maximum absolute atomic E-state index is 6.11. The molecule has 3 rings (SSSR count). The highest BCUT2D eigenvalue weighted by atomic mass is 31.1. The first kappa shape index (κ1) is 17.6. The maximum Gasteiger partial charge on any atom is 0.214 e. The van der Waals surface area contributed by atoms with E-state index in [1.165, 1.54) is 10.6 Å². The number of ether oxygens (including phenoxy) is 1. The molecule has 3 aromatic rings. The van der Waals surface area contributed by atoms with Crippen LogP contribution in [0.5, 0.6) is 5.88 Å². The standard InChI is InChI=1S/C22H24NOP/c1-4-22(2,3)24-20-16-11-17-21(23-20)25(18-12-7-5-8-13-18)19-14-9-6-10-15-19/h5-17H,4H2,1-3H3. The fourth-order valence-corrected chi connectivity index (χ4v) is 4.71. The van der Waals surface area contributed by atoms with Gasteiger partial charge in [-0.1, -0.05) is 73.7 Å². The van der Waals surface area contributed by atoms with Crippen molar-refractivity contribution in [1.82, 2.24) is 4.98 Å². The molecule has 0 saturated heterocycles. The van der Waals surface area contributed by atoms with E-state index in [0.29, 0.717) is 5.88 Å². The molecule has 1 heterocycles. The lowest BCUT2D eigenvalue weighted by Gasteiger charge is -2.25. The highest BCUT2D eigenvalue weighted by Gasteiger charge is 2.21. The average Bonchev–Trinajstić information content (AvgIpc) is 2.64. The smallest absolute Gasteiger partial charge is 0.214 e. The summed E-state index contributed by atoms with van der Waals surface area (Å²) >= 11 is 0. The van der Waals surface area contributed by atoms with Gasteiger partial charge in [0.25, 0.3) is 0 Å². The predicted octanol–water partition coefficient (Wildman–Crippen LogP) is 4.41. The Kier molecular flexibility index (Phi) is 5.50. The normalized spacial score (nSPS) is 11.5. The van der Waals surface area contributed by atoms with Crippen molar-refractivity contribution in [1.29, 1.82) is 0 Å². The second-order valence-corrected chi connectivity index (χ2v) is 8.72. The zero-order valence-corrected chi connectivity index (χ0v) is 15.9. The SMILES string of the molecule is CCC(C)(C)Oc1cccc(P(c2ccccc2)c2ccccc2)n1. The Hall–Kier alpha value is -2.18. The number of pyridine rings is 1. The van der Waals surface area contributed by atoms with Crippen molar-refractivity contribution >= 4 is 24.0 Å². The van der Waals surface area contributed by atoms with Crippen LogP contribution in [0, 0.1) is 0 Å². The maximum atomic E-state index is 6.11. The van der Waals surface area contributed by atoms with Crippen molar-refractivity contribution in [3.8, 4) is 5.88 Å². The van der Waals surface area contributed by atoms with Gasteiger partial charge in [0.15, 0.2) is 0 Å². The van der Waals surface area contributed by atoms with Gasteiger partial charge in [0.05, 0.1) is 5.44 Å². The third-order valence-electron chi connectivity index (χ3n) is 4.20. The highest BCUT2D eigenvalue weighted by Crippen LogP contribution is 2.32.